The second kappa shape index (κ2) is 10.6. The number of halogens is 3. The van der Waals surface area contributed by atoms with Gasteiger partial charge in [0, 0.05) is 30.1 Å². The number of alkyl halides is 2. The molecule has 0 saturated heterocycles. The van der Waals surface area contributed by atoms with Gasteiger partial charge < -0.3 is 9.73 Å². The van der Waals surface area contributed by atoms with Crippen LogP contribution in [0.2, 0.25) is 0 Å². The number of amides is 1. The van der Waals surface area contributed by atoms with Crippen molar-refractivity contribution < 1.29 is 35.7 Å². The topological polar surface area (TPSA) is 123 Å². The molecule has 1 N–H and O–H groups in total. The number of benzene rings is 3. The third-order valence-corrected chi connectivity index (χ3v) is 7.50. The van der Waals surface area contributed by atoms with Gasteiger partial charge in [-0.1, -0.05) is 6.07 Å². The first-order valence-electron chi connectivity index (χ1n) is 12.1. The van der Waals surface area contributed by atoms with Crippen molar-refractivity contribution in [2.75, 3.05) is 11.4 Å². The van der Waals surface area contributed by atoms with E-state index in [1.807, 2.05) is 0 Å². The van der Waals surface area contributed by atoms with Crippen molar-refractivity contribution in [2.45, 2.75) is 31.7 Å². The number of fused-ring (bicyclic) bond motifs is 1. The standard InChI is InChI=1S/C27H22F3N3O6S/c1-31-27(34)24-20-11-18(15-3-4-15)22(12-23(20)39-25(24)16-5-7-17(28)8-6-16)32(40(37)38)13-14-2-9-21(33(35)36)19(10-14)26(29)30/h2,5-12,15,26,40H,3-4,13H2,1H3,(H,31,34). The van der Waals surface area contributed by atoms with Crippen molar-refractivity contribution in [2.24, 2.45) is 0 Å². The minimum atomic E-state index is -3.29. The molecule has 1 saturated carbocycles. The number of nitrogens with zero attached hydrogens (tertiary/aromatic N) is 2. The van der Waals surface area contributed by atoms with E-state index in [-0.39, 0.29) is 40.6 Å². The van der Waals surface area contributed by atoms with Crippen LogP contribution in [0.5, 0.6) is 0 Å². The first-order chi connectivity index (χ1) is 19.1. The van der Waals surface area contributed by atoms with Crippen LogP contribution in [-0.4, -0.2) is 26.3 Å². The van der Waals surface area contributed by atoms with Gasteiger partial charge in [0.15, 0.2) is 0 Å². The number of carbonyl (C=O) groups excluding carboxylic acids is 1. The predicted octanol–water partition coefficient (Wildman–Crippen LogP) is 5.85. The van der Waals surface area contributed by atoms with Crippen molar-refractivity contribution in [3.05, 3.63) is 92.8 Å². The fraction of sp³-hybridized carbons (Fsp3) is 0.222. The van der Waals surface area contributed by atoms with Crippen molar-refractivity contribution in [3.8, 4) is 11.3 Å². The van der Waals surface area contributed by atoms with Gasteiger partial charge in [-0.3, -0.25) is 19.2 Å². The number of hydrogen-bond acceptors (Lipinski definition) is 6. The Morgan fingerprint density at radius 1 is 1.15 bits per heavy atom. The lowest BCUT2D eigenvalue weighted by Crippen LogP contribution is -2.22. The third-order valence-electron chi connectivity index (χ3n) is 6.75. The molecule has 1 aliphatic carbocycles. The maximum atomic E-state index is 13.6. The lowest BCUT2D eigenvalue weighted by Gasteiger charge is -2.21. The summed E-state index contributed by atoms with van der Waals surface area (Å²) >= 11 is 0. The molecule has 1 fully saturated rings. The van der Waals surface area contributed by atoms with Gasteiger partial charge in [0.1, 0.15) is 17.2 Å². The van der Waals surface area contributed by atoms with Gasteiger partial charge in [0.05, 0.1) is 28.3 Å². The summed E-state index contributed by atoms with van der Waals surface area (Å²) in [7, 11) is -1.84. The largest absolute Gasteiger partial charge is 0.455 e. The van der Waals surface area contributed by atoms with Gasteiger partial charge >= 0.3 is 0 Å². The number of nitro groups is 1. The quantitative estimate of drug-likeness (QED) is 0.147. The minimum Gasteiger partial charge on any atom is -0.455 e. The number of anilines is 1. The van der Waals surface area contributed by atoms with E-state index in [0.29, 0.717) is 16.5 Å². The smallest absolute Gasteiger partial charge is 0.278 e. The SMILES string of the molecule is CNC(=O)c1c(-c2ccc(F)cc2)oc2cc(N(Cc3ccc([N+](=O)[O-])c(C(F)F)c3)[SH](=O)=O)c(C3CC3)cc12. The zero-order chi connectivity index (χ0) is 28.7. The van der Waals surface area contributed by atoms with Crippen molar-refractivity contribution in [1.82, 2.24) is 5.32 Å². The highest BCUT2D eigenvalue weighted by Gasteiger charge is 2.32. The molecule has 0 spiro atoms. The molecule has 0 aliphatic heterocycles. The summed E-state index contributed by atoms with van der Waals surface area (Å²) in [6.07, 6.45) is -1.59. The number of hydrogen-bond donors (Lipinski definition) is 2. The molecule has 13 heteroatoms. The first kappa shape index (κ1) is 27.2. The molecular weight excluding hydrogens is 551 g/mol. The molecule has 0 atom stereocenters. The van der Waals surface area contributed by atoms with Crippen LogP contribution in [0.25, 0.3) is 22.3 Å². The molecule has 1 aromatic heterocycles. The molecule has 0 unspecified atom stereocenters. The van der Waals surface area contributed by atoms with Crippen LogP contribution in [0.3, 0.4) is 0 Å². The van der Waals surface area contributed by atoms with E-state index >= 15 is 0 Å². The molecule has 1 aliphatic rings. The molecule has 9 nitrogen and oxygen atoms in total. The third kappa shape index (κ3) is 5.11. The Morgan fingerprint density at radius 2 is 1.85 bits per heavy atom. The Balaban J connectivity index is 1.66. The van der Waals surface area contributed by atoms with Gasteiger partial charge in [0.25, 0.3) is 18.0 Å². The Morgan fingerprint density at radius 3 is 2.42 bits per heavy atom. The Kier molecular flexibility index (Phi) is 7.23. The van der Waals surface area contributed by atoms with Crippen molar-refractivity contribution in [3.63, 3.8) is 0 Å². The fourth-order valence-corrected chi connectivity index (χ4v) is 5.32. The zero-order valence-corrected chi connectivity index (χ0v) is 21.8. The molecule has 0 bridgehead atoms. The van der Waals surface area contributed by atoms with Crippen LogP contribution >= 0.6 is 0 Å². The van der Waals surface area contributed by atoms with Gasteiger partial charge in [-0.15, -0.1) is 0 Å². The maximum absolute atomic E-state index is 13.6. The summed E-state index contributed by atoms with van der Waals surface area (Å²) in [5, 5.41) is 14.2. The van der Waals surface area contributed by atoms with Crippen LogP contribution in [0.4, 0.5) is 24.5 Å². The van der Waals surface area contributed by atoms with E-state index in [2.05, 4.69) is 5.32 Å². The molecule has 3 aromatic carbocycles. The van der Waals surface area contributed by atoms with E-state index in [0.717, 1.165) is 29.3 Å². The minimum absolute atomic E-state index is 0.00737. The van der Waals surface area contributed by atoms with Crippen LogP contribution in [-0.2, 0) is 17.4 Å². The molecule has 208 valence electrons. The Bertz CT molecular complexity index is 1710. The average Bonchev–Trinajstić information content (AvgIpc) is 3.71. The Labute approximate surface area is 227 Å². The normalized spacial score (nSPS) is 13.2. The van der Waals surface area contributed by atoms with E-state index in [1.165, 1.54) is 43.4 Å². The number of thiol groups is 1. The molecule has 5 rings (SSSR count). The van der Waals surface area contributed by atoms with E-state index in [1.54, 1.807) is 6.07 Å². The lowest BCUT2D eigenvalue weighted by atomic mass is 10.00. The number of nitro benzene ring substituents is 1. The lowest BCUT2D eigenvalue weighted by molar-refractivity contribution is -0.386. The van der Waals surface area contributed by atoms with Gasteiger partial charge in [-0.05, 0) is 66.3 Å². The van der Waals surface area contributed by atoms with E-state index < -0.39 is 45.2 Å². The molecule has 40 heavy (non-hydrogen) atoms. The Hall–Kier alpha value is -4.39. The monoisotopic (exact) mass is 573 g/mol. The highest BCUT2D eigenvalue weighted by atomic mass is 32.2. The van der Waals surface area contributed by atoms with Crippen LogP contribution < -0.4 is 9.62 Å². The number of furan rings is 1. The number of nitrogens with one attached hydrogen (secondary N) is 1. The fourth-order valence-electron chi connectivity index (χ4n) is 4.70. The molecule has 1 amide bonds. The average molecular weight is 574 g/mol. The van der Waals surface area contributed by atoms with Gasteiger partial charge in [-0.25, -0.2) is 21.6 Å². The maximum Gasteiger partial charge on any atom is 0.278 e. The number of carbonyl (C=O) groups is 1. The zero-order valence-electron chi connectivity index (χ0n) is 20.9. The van der Waals surface area contributed by atoms with Gasteiger partial charge in [0.2, 0.25) is 10.9 Å². The highest BCUT2D eigenvalue weighted by Crippen LogP contribution is 2.48. The van der Waals surface area contributed by atoms with Crippen molar-refractivity contribution in [1.29, 1.82) is 0 Å². The summed E-state index contributed by atoms with van der Waals surface area (Å²) in [6, 6.07) is 11.6. The summed E-state index contributed by atoms with van der Waals surface area (Å²) in [4.78, 5) is 23.2. The molecular formula is C27H22F3N3O6S. The van der Waals surface area contributed by atoms with Crippen LogP contribution in [0.1, 0.15) is 52.2 Å². The summed E-state index contributed by atoms with van der Waals surface area (Å²) in [5.41, 5.74) is 0.241. The van der Waals surface area contributed by atoms with Crippen LogP contribution in [0, 0.1) is 15.9 Å². The van der Waals surface area contributed by atoms with Crippen molar-refractivity contribution >= 4 is 39.1 Å². The second-order valence-electron chi connectivity index (χ2n) is 9.32. The first-order valence-corrected chi connectivity index (χ1v) is 13.3. The molecule has 1 heterocycles. The highest BCUT2D eigenvalue weighted by molar-refractivity contribution is 7.74. The summed E-state index contributed by atoms with van der Waals surface area (Å²) in [5.74, 6) is -0.768. The van der Waals surface area contributed by atoms with E-state index in [9.17, 15) is 36.5 Å². The molecule has 0 radical (unpaired) electrons. The summed E-state index contributed by atoms with van der Waals surface area (Å²) in [6.45, 7) is -0.366. The molecule has 4 aromatic rings. The van der Waals surface area contributed by atoms with Gasteiger partial charge in [-0.2, -0.15) is 0 Å². The van der Waals surface area contributed by atoms with Crippen LogP contribution in [0.15, 0.2) is 59.0 Å². The number of rotatable bonds is 9. The predicted molar refractivity (Wildman–Crippen MR) is 142 cm³/mol. The second-order valence-corrected chi connectivity index (χ2v) is 10.3. The van der Waals surface area contributed by atoms with E-state index in [4.69, 9.17) is 4.42 Å². The summed E-state index contributed by atoms with van der Waals surface area (Å²) < 4.78 is 72.6.